The quantitative estimate of drug-likeness (QED) is 0.551. The number of hydrogen-bond acceptors (Lipinski definition) is 6. The maximum atomic E-state index is 12.6. The van der Waals surface area contributed by atoms with Gasteiger partial charge in [-0.25, -0.2) is 9.59 Å². The number of urea groups is 1. The summed E-state index contributed by atoms with van der Waals surface area (Å²) in [6, 6.07) is 5.88. The molecule has 3 rings (SSSR count). The minimum Gasteiger partial charge on any atom is -0.491 e. The van der Waals surface area contributed by atoms with Crippen molar-refractivity contribution in [2.45, 2.75) is 44.2 Å². The highest BCUT2D eigenvalue weighted by molar-refractivity contribution is 6.07. The van der Waals surface area contributed by atoms with Crippen molar-refractivity contribution < 1.29 is 29.0 Å². The first-order valence-electron chi connectivity index (χ1n) is 9.17. The van der Waals surface area contributed by atoms with E-state index in [9.17, 15) is 19.5 Å². The maximum Gasteiger partial charge on any atom is 0.338 e. The lowest BCUT2D eigenvalue weighted by molar-refractivity contribution is -0.132. The van der Waals surface area contributed by atoms with E-state index in [1.54, 1.807) is 31.2 Å². The minimum absolute atomic E-state index is 0.0805. The molecule has 3 amide bonds. The second-order valence-corrected chi connectivity index (χ2v) is 6.84. The van der Waals surface area contributed by atoms with Gasteiger partial charge in [-0.1, -0.05) is 12.8 Å². The number of nitrogens with one attached hydrogen (secondary N) is 1. The zero-order valence-corrected chi connectivity index (χ0v) is 15.3. The Labute approximate surface area is 157 Å². The summed E-state index contributed by atoms with van der Waals surface area (Å²) in [5.41, 5.74) is -0.369. The molecule has 1 saturated carbocycles. The molecule has 8 heteroatoms. The van der Waals surface area contributed by atoms with Crippen LogP contribution in [0.25, 0.3) is 0 Å². The summed E-state index contributed by atoms with van der Waals surface area (Å²) in [7, 11) is 0. The van der Waals surface area contributed by atoms with Crippen LogP contribution >= 0.6 is 0 Å². The number of benzene rings is 1. The fourth-order valence-corrected chi connectivity index (χ4v) is 3.52. The van der Waals surface area contributed by atoms with E-state index in [2.05, 4.69) is 5.32 Å². The number of nitrogens with zero attached hydrogens (tertiary/aromatic N) is 1. The molecular weight excluding hydrogens is 352 g/mol. The Kier molecular flexibility index (Phi) is 5.65. The highest BCUT2D eigenvalue weighted by Gasteiger charge is 2.52. The lowest BCUT2D eigenvalue weighted by Crippen LogP contribution is -2.45. The molecule has 27 heavy (non-hydrogen) atoms. The molecule has 0 radical (unpaired) electrons. The number of imide groups is 1. The highest BCUT2D eigenvalue weighted by Crippen LogP contribution is 2.35. The van der Waals surface area contributed by atoms with Crippen LogP contribution in [-0.2, 0) is 9.53 Å². The van der Waals surface area contributed by atoms with E-state index in [-0.39, 0.29) is 19.1 Å². The second kappa shape index (κ2) is 7.96. The number of amides is 3. The SMILES string of the molecule is CCOC(=O)c1ccc(OC[C@@H](O)CN2C(=O)NC3(CCCC3)C2=O)cc1. The van der Waals surface area contributed by atoms with Gasteiger partial charge in [0.1, 0.15) is 24.0 Å². The zero-order chi connectivity index (χ0) is 19.4. The van der Waals surface area contributed by atoms with Gasteiger partial charge in [-0.3, -0.25) is 9.69 Å². The van der Waals surface area contributed by atoms with Crippen molar-refractivity contribution in [3.63, 3.8) is 0 Å². The summed E-state index contributed by atoms with van der Waals surface area (Å²) in [5.74, 6) is -0.210. The minimum atomic E-state index is -1.01. The van der Waals surface area contributed by atoms with Crippen molar-refractivity contribution in [1.82, 2.24) is 10.2 Å². The Hall–Kier alpha value is -2.61. The summed E-state index contributed by atoms with van der Waals surface area (Å²) in [4.78, 5) is 37.3. The van der Waals surface area contributed by atoms with Gasteiger partial charge in [0.2, 0.25) is 0 Å². The summed E-state index contributed by atoms with van der Waals surface area (Å²) in [5, 5.41) is 13.0. The predicted molar refractivity (Wildman–Crippen MR) is 95.3 cm³/mol. The van der Waals surface area contributed by atoms with Crippen LogP contribution in [0.2, 0.25) is 0 Å². The van der Waals surface area contributed by atoms with Crippen LogP contribution in [0.15, 0.2) is 24.3 Å². The molecule has 2 aliphatic rings. The normalized spacial score (nSPS) is 19.3. The Morgan fingerprint density at radius 2 is 1.93 bits per heavy atom. The van der Waals surface area contributed by atoms with E-state index < -0.39 is 23.6 Å². The Balaban J connectivity index is 1.51. The van der Waals surface area contributed by atoms with Gasteiger partial charge < -0.3 is 19.9 Å². The van der Waals surface area contributed by atoms with E-state index in [1.165, 1.54) is 0 Å². The third-order valence-electron chi connectivity index (χ3n) is 4.90. The number of rotatable bonds is 7. The van der Waals surface area contributed by atoms with Crippen LogP contribution in [-0.4, -0.2) is 59.3 Å². The van der Waals surface area contributed by atoms with Gasteiger partial charge in [0.15, 0.2) is 0 Å². The topological polar surface area (TPSA) is 105 Å². The molecule has 2 N–H and O–H groups in total. The van der Waals surface area contributed by atoms with Crippen molar-refractivity contribution in [1.29, 1.82) is 0 Å². The molecule has 1 atom stereocenters. The molecule has 1 aromatic rings. The van der Waals surface area contributed by atoms with Crippen LogP contribution < -0.4 is 10.1 Å². The lowest BCUT2D eigenvalue weighted by Gasteiger charge is -2.21. The van der Waals surface area contributed by atoms with E-state index in [1.807, 2.05) is 0 Å². The van der Waals surface area contributed by atoms with E-state index in [0.717, 1.165) is 17.7 Å². The summed E-state index contributed by atoms with van der Waals surface area (Å²) < 4.78 is 10.4. The van der Waals surface area contributed by atoms with Crippen LogP contribution in [0.4, 0.5) is 4.79 Å². The Morgan fingerprint density at radius 1 is 1.26 bits per heavy atom. The Morgan fingerprint density at radius 3 is 2.56 bits per heavy atom. The molecule has 1 saturated heterocycles. The number of aliphatic hydroxyl groups is 1. The fraction of sp³-hybridized carbons (Fsp3) is 0.526. The van der Waals surface area contributed by atoms with Crippen LogP contribution in [0.5, 0.6) is 5.75 Å². The van der Waals surface area contributed by atoms with Crippen LogP contribution in [0, 0.1) is 0 Å². The number of carbonyl (C=O) groups is 3. The molecule has 146 valence electrons. The van der Waals surface area contributed by atoms with Gasteiger partial charge >= 0.3 is 12.0 Å². The molecule has 1 spiro atoms. The lowest BCUT2D eigenvalue weighted by atomic mass is 9.98. The maximum absolute atomic E-state index is 12.6. The predicted octanol–water partition coefficient (Wildman–Crippen LogP) is 1.47. The molecule has 2 fully saturated rings. The van der Waals surface area contributed by atoms with Gasteiger partial charge in [-0.15, -0.1) is 0 Å². The molecule has 8 nitrogen and oxygen atoms in total. The average molecular weight is 376 g/mol. The number of β-amino-alcohol motifs (C(OH)–C–C–N with tert-alkyl or cyclic N) is 1. The second-order valence-electron chi connectivity index (χ2n) is 6.84. The van der Waals surface area contributed by atoms with Crippen molar-refractivity contribution >= 4 is 17.9 Å². The van der Waals surface area contributed by atoms with Gasteiger partial charge in [-0.2, -0.15) is 0 Å². The van der Waals surface area contributed by atoms with Gasteiger partial charge in [-0.05, 0) is 44.0 Å². The number of ether oxygens (including phenoxy) is 2. The van der Waals surface area contributed by atoms with Crippen LogP contribution in [0.1, 0.15) is 43.0 Å². The van der Waals surface area contributed by atoms with E-state index in [0.29, 0.717) is 30.8 Å². The summed E-state index contributed by atoms with van der Waals surface area (Å²) in [6.07, 6.45) is 2.10. The molecule has 1 aliphatic carbocycles. The van der Waals surface area contributed by atoms with Gasteiger partial charge in [0.05, 0.1) is 18.7 Å². The largest absolute Gasteiger partial charge is 0.491 e. The molecule has 0 aromatic heterocycles. The van der Waals surface area contributed by atoms with E-state index in [4.69, 9.17) is 9.47 Å². The number of hydrogen-bond donors (Lipinski definition) is 2. The Bertz CT molecular complexity index is 711. The number of esters is 1. The zero-order valence-electron chi connectivity index (χ0n) is 15.3. The van der Waals surface area contributed by atoms with Crippen LogP contribution in [0.3, 0.4) is 0 Å². The third-order valence-corrected chi connectivity index (χ3v) is 4.90. The standard InChI is InChI=1S/C19H24N2O6/c1-2-26-16(23)13-5-7-15(8-6-13)27-12-14(22)11-21-17(24)19(20-18(21)25)9-3-4-10-19/h5-8,14,22H,2-4,9-12H2,1H3,(H,20,25)/t14-/m0/s1. The third kappa shape index (κ3) is 4.05. The van der Waals surface area contributed by atoms with E-state index >= 15 is 0 Å². The summed E-state index contributed by atoms with van der Waals surface area (Å²) >= 11 is 0. The van der Waals surface area contributed by atoms with Crippen molar-refractivity contribution in [2.24, 2.45) is 0 Å². The average Bonchev–Trinajstić information content (AvgIpc) is 3.21. The molecule has 0 bridgehead atoms. The first-order valence-corrected chi connectivity index (χ1v) is 9.17. The van der Waals surface area contributed by atoms with Crippen molar-refractivity contribution in [3.05, 3.63) is 29.8 Å². The monoisotopic (exact) mass is 376 g/mol. The molecule has 1 heterocycles. The molecule has 0 unspecified atom stereocenters. The smallest absolute Gasteiger partial charge is 0.338 e. The first-order chi connectivity index (χ1) is 12.9. The van der Waals surface area contributed by atoms with Crippen molar-refractivity contribution in [3.8, 4) is 5.75 Å². The number of carbonyl (C=O) groups excluding carboxylic acids is 3. The summed E-state index contributed by atoms with van der Waals surface area (Å²) in [6.45, 7) is 1.83. The van der Waals surface area contributed by atoms with Gasteiger partial charge in [0.25, 0.3) is 5.91 Å². The highest BCUT2D eigenvalue weighted by atomic mass is 16.5. The van der Waals surface area contributed by atoms with Gasteiger partial charge in [0, 0.05) is 0 Å². The number of aliphatic hydroxyl groups excluding tert-OH is 1. The van der Waals surface area contributed by atoms with Crippen molar-refractivity contribution in [2.75, 3.05) is 19.8 Å². The first kappa shape index (κ1) is 19.2. The molecule has 1 aromatic carbocycles. The fourth-order valence-electron chi connectivity index (χ4n) is 3.52. The molecular formula is C19H24N2O6. The molecule has 1 aliphatic heterocycles.